The molecule has 1 atom stereocenters. The second-order valence-electron chi connectivity index (χ2n) is 4.90. The van der Waals surface area contributed by atoms with E-state index in [0.717, 1.165) is 12.1 Å². The van der Waals surface area contributed by atoms with Gasteiger partial charge < -0.3 is 4.79 Å². The van der Waals surface area contributed by atoms with Crippen molar-refractivity contribution < 1.29 is 17.6 Å². The summed E-state index contributed by atoms with van der Waals surface area (Å²) in [7, 11) is -3.81. The van der Waals surface area contributed by atoms with Crippen LogP contribution in [0.15, 0.2) is 29.2 Å². The molecule has 0 bridgehead atoms. The summed E-state index contributed by atoms with van der Waals surface area (Å²) < 4.78 is 39.2. The van der Waals surface area contributed by atoms with E-state index in [2.05, 4.69) is 0 Å². The van der Waals surface area contributed by atoms with Gasteiger partial charge in [-0.3, -0.25) is 0 Å². The number of hydrogen-bond acceptors (Lipinski definition) is 4. The summed E-state index contributed by atoms with van der Waals surface area (Å²) in [4.78, 5) is 11.0. The molecule has 0 radical (unpaired) electrons. The average molecular weight is 303 g/mol. The summed E-state index contributed by atoms with van der Waals surface area (Å²) in [6, 6.07) is 4.62. The topological polar surface area (TPSA) is 54.5 Å². The Morgan fingerprint density at radius 2 is 1.95 bits per heavy atom. The number of thioether (sulfide) groups is 1. The summed E-state index contributed by atoms with van der Waals surface area (Å²) in [5.74, 6) is 0.0394. The molecule has 0 unspecified atom stereocenters. The highest BCUT2D eigenvalue weighted by molar-refractivity contribution is 8.02. The summed E-state index contributed by atoms with van der Waals surface area (Å²) in [5.41, 5.74) is -0.649. The van der Waals surface area contributed by atoms with E-state index in [1.165, 1.54) is 28.2 Å². The van der Waals surface area contributed by atoms with Crippen LogP contribution in [0.2, 0.25) is 0 Å². The molecule has 4 nitrogen and oxygen atoms in total. The molecule has 1 aromatic carbocycles. The number of rotatable bonds is 3. The van der Waals surface area contributed by atoms with Gasteiger partial charge in [-0.1, -0.05) is 0 Å². The zero-order valence-electron chi connectivity index (χ0n) is 10.5. The Balaban J connectivity index is 2.48. The zero-order valence-corrected chi connectivity index (χ0v) is 12.2. The predicted molar refractivity (Wildman–Crippen MR) is 71.8 cm³/mol. The van der Waals surface area contributed by atoms with E-state index in [1.807, 2.05) is 0 Å². The molecule has 19 heavy (non-hydrogen) atoms. The zero-order chi connectivity index (χ0) is 14.3. The van der Waals surface area contributed by atoms with E-state index in [-0.39, 0.29) is 4.90 Å². The highest BCUT2D eigenvalue weighted by Gasteiger charge is 2.47. The first-order valence-corrected chi connectivity index (χ1v) is 8.15. The Morgan fingerprint density at radius 1 is 1.37 bits per heavy atom. The minimum atomic E-state index is -3.81. The maximum absolute atomic E-state index is 12.9. The van der Waals surface area contributed by atoms with E-state index in [9.17, 15) is 17.6 Å². The number of halogens is 1. The Bertz CT molecular complexity index is 583. The van der Waals surface area contributed by atoms with E-state index in [1.54, 1.807) is 13.8 Å². The highest BCUT2D eigenvalue weighted by atomic mass is 32.2. The lowest BCUT2D eigenvalue weighted by molar-refractivity contribution is -0.109. The van der Waals surface area contributed by atoms with Gasteiger partial charge in [-0.15, -0.1) is 11.8 Å². The number of aldehydes is 1. The first kappa shape index (κ1) is 14.5. The molecule has 0 aliphatic carbocycles. The smallest absolute Gasteiger partial charge is 0.244 e. The lowest BCUT2D eigenvalue weighted by Gasteiger charge is -2.31. The summed E-state index contributed by atoms with van der Waals surface area (Å²) in [6.45, 7) is 3.54. The molecule has 0 amide bonds. The van der Waals surface area contributed by atoms with E-state index in [0.29, 0.717) is 12.0 Å². The predicted octanol–water partition coefficient (Wildman–Crippen LogP) is 1.87. The number of carbonyl (C=O) groups is 1. The van der Waals surface area contributed by atoms with Crippen molar-refractivity contribution in [3.63, 3.8) is 0 Å². The monoisotopic (exact) mass is 303 g/mol. The van der Waals surface area contributed by atoms with Gasteiger partial charge in [-0.25, -0.2) is 12.8 Å². The summed E-state index contributed by atoms with van der Waals surface area (Å²) >= 11 is 1.29. The van der Waals surface area contributed by atoms with Crippen molar-refractivity contribution in [1.29, 1.82) is 0 Å². The standard InChI is InChI=1S/C12H14FNO3S2/c1-12(2)8-18-11(7-15)14(12)19(16,17)10-5-3-9(13)4-6-10/h3-7,11H,8H2,1-2H3/t11-/m0/s1. The number of hydrogen-bond donors (Lipinski definition) is 0. The first-order chi connectivity index (χ1) is 8.79. The van der Waals surface area contributed by atoms with Crippen molar-refractivity contribution in [3.8, 4) is 0 Å². The van der Waals surface area contributed by atoms with Gasteiger partial charge in [0, 0.05) is 11.3 Å². The molecule has 0 aromatic heterocycles. The van der Waals surface area contributed by atoms with Crippen LogP contribution in [0, 0.1) is 5.82 Å². The molecule has 104 valence electrons. The third-order valence-electron chi connectivity index (χ3n) is 2.92. The van der Waals surface area contributed by atoms with Crippen LogP contribution in [0.3, 0.4) is 0 Å². The van der Waals surface area contributed by atoms with Gasteiger partial charge in [-0.2, -0.15) is 4.31 Å². The molecule has 1 heterocycles. The Hall–Kier alpha value is -0.920. The van der Waals surface area contributed by atoms with Gasteiger partial charge in [-0.05, 0) is 38.1 Å². The fourth-order valence-electron chi connectivity index (χ4n) is 2.04. The molecular formula is C12H14FNO3S2. The first-order valence-electron chi connectivity index (χ1n) is 5.66. The third kappa shape index (κ3) is 2.54. The van der Waals surface area contributed by atoms with Gasteiger partial charge in [0.1, 0.15) is 17.5 Å². The number of benzene rings is 1. The Morgan fingerprint density at radius 3 is 2.47 bits per heavy atom. The van der Waals surface area contributed by atoms with Crippen LogP contribution in [-0.4, -0.2) is 35.7 Å². The molecule has 0 saturated carbocycles. The van der Waals surface area contributed by atoms with Crippen LogP contribution in [-0.2, 0) is 14.8 Å². The summed E-state index contributed by atoms with van der Waals surface area (Å²) in [5, 5.41) is -0.731. The van der Waals surface area contributed by atoms with E-state index >= 15 is 0 Å². The second-order valence-corrected chi connectivity index (χ2v) is 7.82. The van der Waals surface area contributed by atoms with Gasteiger partial charge >= 0.3 is 0 Å². The maximum Gasteiger partial charge on any atom is 0.244 e. The van der Waals surface area contributed by atoms with E-state index < -0.39 is 26.8 Å². The van der Waals surface area contributed by atoms with Gasteiger partial charge in [0.2, 0.25) is 10.0 Å². The van der Waals surface area contributed by atoms with Crippen LogP contribution in [0.4, 0.5) is 4.39 Å². The van der Waals surface area contributed by atoms with Crippen molar-refractivity contribution in [2.45, 2.75) is 29.7 Å². The lowest BCUT2D eigenvalue weighted by Crippen LogP contribution is -2.48. The molecule has 0 spiro atoms. The molecule has 1 aliphatic rings. The number of nitrogens with zero attached hydrogens (tertiary/aromatic N) is 1. The molecule has 7 heteroatoms. The van der Waals surface area contributed by atoms with Gasteiger partial charge in [0.05, 0.1) is 4.90 Å². The van der Waals surface area contributed by atoms with Crippen LogP contribution in [0.25, 0.3) is 0 Å². The lowest BCUT2D eigenvalue weighted by atomic mass is 10.1. The molecule has 1 aromatic rings. The van der Waals surface area contributed by atoms with Crippen molar-refractivity contribution >= 4 is 28.1 Å². The average Bonchev–Trinajstić information content (AvgIpc) is 2.65. The molecular weight excluding hydrogens is 289 g/mol. The fraction of sp³-hybridized carbons (Fsp3) is 0.417. The largest absolute Gasteiger partial charge is 0.301 e. The number of carbonyl (C=O) groups excluding carboxylic acids is 1. The van der Waals surface area contributed by atoms with Crippen molar-refractivity contribution in [1.82, 2.24) is 4.31 Å². The van der Waals surface area contributed by atoms with Crippen molar-refractivity contribution in [2.24, 2.45) is 0 Å². The quantitative estimate of drug-likeness (QED) is 0.800. The van der Waals surface area contributed by atoms with Crippen LogP contribution >= 0.6 is 11.8 Å². The van der Waals surface area contributed by atoms with Gasteiger partial charge in [0.15, 0.2) is 0 Å². The molecule has 2 rings (SSSR count). The molecule has 0 N–H and O–H groups in total. The third-order valence-corrected chi connectivity index (χ3v) is 6.70. The van der Waals surface area contributed by atoms with Crippen LogP contribution < -0.4 is 0 Å². The highest BCUT2D eigenvalue weighted by Crippen LogP contribution is 2.39. The SMILES string of the molecule is CC1(C)CS[C@@H](C=O)N1S(=O)(=O)c1ccc(F)cc1. The number of sulfonamides is 1. The fourth-order valence-corrected chi connectivity index (χ4v) is 5.61. The normalized spacial score (nSPS) is 23.4. The van der Waals surface area contributed by atoms with Crippen LogP contribution in [0.1, 0.15) is 13.8 Å². The Kier molecular flexibility index (Phi) is 3.72. The Labute approximate surface area is 116 Å². The summed E-state index contributed by atoms with van der Waals surface area (Å²) in [6.07, 6.45) is 0.625. The second kappa shape index (κ2) is 4.88. The van der Waals surface area contributed by atoms with E-state index in [4.69, 9.17) is 0 Å². The van der Waals surface area contributed by atoms with Crippen molar-refractivity contribution in [2.75, 3.05) is 5.75 Å². The van der Waals surface area contributed by atoms with Gasteiger partial charge in [0.25, 0.3) is 0 Å². The maximum atomic E-state index is 12.9. The molecule has 1 fully saturated rings. The van der Waals surface area contributed by atoms with Crippen LogP contribution in [0.5, 0.6) is 0 Å². The molecule has 1 aliphatic heterocycles. The minimum absolute atomic E-state index is 0.00340. The minimum Gasteiger partial charge on any atom is -0.301 e. The van der Waals surface area contributed by atoms with Crippen molar-refractivity contribution in [3.05, 3.63) is 30.1 Å². The molecule has 1 saturated heterocycles.